The summed E-state index contributed by atoms with van der Waals surface area (Å²) in [5.41, 5.74) is 0. The summed E-state index contributed by atoms with van der Waals surface area (Å²) >= 11 is 0. The molecule has 0 aromatic rings. The Morgan fingerprint density at radius 3 is 1.33 bits per heavy atom. The lowest BCUT2D eigenvalue weighted by molar-refractivity contribution is -0.255. The van der Waals surface area contributed by atoms with Crippen molar-refractivity contribution in [2.75, 3.05) is 0 Å². The van der Waals surface area contributed by atoms with E-state index in [0.29, 0.717) is 0 Å². The Hall–Kier alpha value is -1.06. The fourth-order valence-electron chi connectivity index (χ4n) is 0.117. The molecule has 9 heavy (non-hydrogen) atoms. The molecule has 0 aromatic carbocycles. The van der Waals surface area contributed by atoms with Gasteiger partial charge >= 0.3 is 11.9 Å². The predicted molar refractivity (Wildman–Crippen MR) is 30.3 cm³/mol. The van der Waals surface area contributed by atoms with Gasteiger partial charge in [-0.05, 0) is 0 Å². The van der Waals surface area contributed by atoms with E-state index in [0.717, 1.165) is 13.8 Å². The largest absolute Gasteiger partial charge is 0.352 e. The number of carbonyl (C=O) groups is 2. The molecule has 0 aromatic heterocycles. The monoisotopic (exact) mass is 134 g/mol. The summed E-state index contributed by atoms with van der Waals surface area (Å²) in [5.74, 6) is -1.28. The van der Waals surface area contributed by atoms with Crippen molar-refractivity contribution in [1.82, 2.24) is 0 Å². The van der Waals surface area contributed by atoms with E-state index in [9.17, 15) is 9.59 Å². The van der Waals surface area contributed by atoms with Gasteiger partial charge in [-0.15, -0.1) is 0 Å². The summed E-state index contributed by atoms with van der Waals surface area (Å²) in [6.45, 7) is 2.28. The summed E-state index contributed by atoms with van der Waals surface area (Å²) in [5, 5.41) is 0. The summed E-state index contributed by atoms with van der Waals surface area (Å²) in [6.07, 6.45) is 0. The van der Waals surface area contributed by atoms with Crippen LogP contribution in [0.3, 0.4) is 0 Å². The Bertz CT molecular complexity index is 93.5. The van der Waals surface area contributed by atoms with Gasteiger partial charge in [0.15, 0.2) is 0 Å². The van der Waals surface area contributed by atoms with Crippen molar-refractivity contribution in [3.63, 3.8) is 0 Å². The molecule has 0 fully saturated rings. The first kappa shape index (κ1) is 10.8. The molecule has 0 radical (unpaired) electrons. The third kappa shape index (κ3) is 10.9. The van der Waals surface area contributed by atoms with E-state index in [1.165, 1.54) is 0 Å². The molecule has 0 aliphatic carbocycles. The molecule has 0 N–H and O–H groups in total. The van der Waals surface area contributed by atoms with Gasteiger partial charge in [-0.3, -0.25) is 0 Å². The first-order valence-corrected chi connectivity index (χ1v) is 1.98. The molecular weight excluding hydrogens is 124 g/mol. The van der Waals surface area contributed by atoms with Crippen LogP contribution in [0.4, 0.5) is 0 Å². The van der Waals surface area contributed by atoms with Crippen LogP contribution >= 0.6 is 0 Å². The van der Waals surface area contributed by atoms with E-state index >= 15 is 0 Å². The molecular formula is C5H10O4. The van der Waals surface area contributed by atoms with Crippen LogP contribution in [0, 0.1) is 0 Å². The van der Waals surface area contributed by atoms with Gasteiger partial charge in [0.05, 0.1) is 0 Å². The topological polar surface area (TPSA) is 52.6 Å². The van der Waals surface area contributed by atoms with Crippen molar-refractivity contribution in [3.05, 3.63) is 0 Å². The molecule has 0 aliphatic rings. The Labute approximate surface area is 53.7 Å². The second-order valence-corrected chi connectivity index (χ2v) is 1.15. The van der Waals surface area contributed by atoms with Crippen LogP contribution in [0.15, 0.2) is 0 Å². The Kier molecular flexibility index (Phi) is 6.12. The lowest BCUT2D eigenvalue weighted by Crippen LogP contribution is -2.03. The highest BCUT2D eigenvalue weighted by atomic mass is 17.2. The summed E-state index contributed by atoms with van der Waals surface area (Å²) in [4.78, 5) is 27.3. The first-order chi connectivity index (χ1) is 3.63. The minimum Gasteiger partial charge on any atom is -0.248 e. The molecule has 0 rings (SSSR count). The normalized spacial score (nSPS) is 6.89. The van der Waals surface area contributed by atoms with Gasteiger partial charge in [0, 0.05) is 13.8 Å². The zero-order valence-corrected chi connectivity index (χ0v) is 4.63. The van der Waals surface area contributed by atoms with Crippen molar-refractivity contribution < 1.29 is 19.4 Å². The van der Waals surface area contributed by atoms with E-state index < -0.39 is 11.9 Å². The van der Waals surface area contributed by atoms with Crippen LogP contribution in [0.25, 0.3) is 0 Å². The second-order valence-electron chi connectivity index (χ2n) is 1.15. The Morgan fingerprint density at radius 2 is 1.22 bits per heavy atom. The van der Waals surface area contributed by atoms with E-state index in [2.05, 4.69) is 9.78 Å². The molecule has 0 heterocycles. The third-order valence-electron chi connectivity index (χ3n) is 0.276. The number of carbonyl (C=O) groups excluding carboxylic acids is 2. The van der Waals surface area contributed by atoms with Gasteiger partial charge in [0.25, 0.3) is 0 Å². The summed E-state index contributed by atoms with van der Waals surface area (Å²) in [7, 11) is 0. The van der Waals surface area contributed by atoms with Crippen molar-refractivity contribution in [3.8, 4) is 0 Å². The van der Waals surface area contributed by atoms with Crippen molar-refractivity contribution in [2.45, 2.75) is 21.3 Å². The van der Waals surface area contributed by atoms with Gasteiger partial charge < -0.3 is 0 Å². The average molecular weight is 134 g/mol. The fraction of sp³-hybridized carbons (Fsp3) is 0.600. The molecule has 0 atom stereocenters. The van der Waals surface area contributed by atoms with Crippen LogP contribution in [0.1, 0.15) is 21.3 Å². The molecule has 0 spiro atoms. The average Bonchev–Trinajstić information content (AvgIpc) is 1.61. The zero-order valence-electron chi connectivity index (χ0n) is 4.63. The van der Waals surface area contributed by atoms with Crippen LogP contribution in [0.5, 0.6) is 0 Å². The number of hydrogen-bond acceptors (Lipinski definition) is 4. The molecule has 0 aliphatic heterocycles. The lowest BCUT2D eigenvalue weighted by atomic mass is 10.8. The molecule has 4 heteroatoms. The van der Waals surface area contributed by atoms with Crippen molar-refractivity contribution in [2.24, 2.45) is 0 Å². The number of rotatable bonds is 0. The maximum absolute atomic E-state index is 9.85. The standard InChI is InChI=1S/C4H6O4.CH4/c1-3(5)7-8-4(2)6;/h1-2H3;1H4. The van der Waals surface area contributed by atoms with Gasteiger partial charge in [0.2, 0.25) is 0 Å². The maximum Gasteiger partial charge on any atom is 0.352 e. The molecule has 0 unspecified atom stereocenters. The SMILES string of the molecule is C.CC(=O)OOC(C)=O. The molecule has 54 valence electrons. The molecule has 4 nitrogen and oxygen atoms in total. The molecule has 0 bridgehead atoms. The fourth-order valence-corrected chi connectivity index (χ4v) is 0.117. The Morgan fingerprint density at radius 1 is 1.00 bits per heavy atom. The minimum absolute atomic E-state index is 0. The molecule has 0 saturated heterocycles. The van der Waals surface area contributed by atoms with Crippen LogP contribution in [-0.2, 0) is 19.4 Å². The first-order valence-electron chi connectivity index (χ1n) is 1.98. The summed E-state index contributed by atoms with van der Waals surface area (Å²) < 4.78 is 0. The van der Waals surface area contributed by atoms with Crippen LogP contribution in [0.2, 0.25) is 0 Å². The van der Waals surface area contributed by atoms with Gasteiger partial charge in [-0.2, -0.15) is 0 Å². The quantitative estimate of drug-likeness (QED) is 0.361. The van der Waals surface area contributed by atoms with Crippen LogP contribution < -0.4 is 0 Å². The second kappa shape index (κ2) is 5.08. The highest BCUT2D eigenvalue weighted by Crippen LogP contribution is 1.78. The van der Waals surface area contributed by atoms with Gasteiger partial charge in [-0.1, -0.05) is 7.43 Å². The third-order valence-corrected chi connectivity index (χ3v) is 0.276. The highest BCUT2D eigenvalue weighted by Gasteiger charge is 1.95. The van der Waals surface area contributed by atoms with E-state index in [1.807, 2.05) is 0 Å². The van der Waals surface area contributed by atoms with Crippen molar-refractivity contribution in [1.29, 1.82) is 0 Å². The smallest absolute Gasteiger partial charge is 0.248 e. The molecule has 0 saturated carbocycles. The van der Waals surface area contributed by atoms with Crippen molar-refractivity contribution >= 4 is 11.9 Å². The highest BCUT2D eigenvalue weighted by molar-refractivity contribution is 5.69. The van der Waals surface area contributed by atoms with E-state index in [4.69, 9.17) is 0 Å². The van der Waals surface area contributed by atoms with Crippen LogP contribution in [-0.4, -0.2) is 11.9 Å². The predicted octanol–water partition coefficient (Wildman–Crippen LogP) is 0.664. The summed E-state index contributed by atoms with van der Waals surface area (Å²) in [6, 6.07) is 0. The van der Waals surface area contributed by atoms with E-state index in [-0.39, 0.29) is 7.43 Å². The zero-order chi connectivity index (χ0) is 6.57. The number of hydrogen-bond donors (Lipinski definition) is 0. The minimum atomic E-state index is -0.639. The van der Waals surface area contributed by atoms with E-state index in [1.54, 1.807) is 0 Å². The van der Waals surface area contributed by atoms with Gasteiger partial charge in [0.1, 0.15) is 0 Å². The Balaban J connectivity index is 0. The molecule has 0 amide bonds. The lowest BCUT2D eigenvalue weighted by Gasteiger charge is -1.93. The maximum atomic E-state index is 9.85. The van der Waals surface area contributed by atoms with Gasteiger partial charge in [-0.25, -0.2) is 19.4 Å².